The van der Waals surface area contributed by atoms with Crippen LogP contribution in [0.1, 0.15) is 54.2 Å². The molecule has 2 aromatic carbocycles. The van der Waals surface area contributed by atoms with Crippen molar-refractivity contribution in [3.8, 4) is 11.5 Å². The van der Waals surface area contributed by atoms with Crippen molar-refractivity contribution >= 4 is 39.5 Å². The Labute approximate surface area is 202 Å². The first-order chi connectivity index (χ1) is 15.5. The summed E-state index contributed by atoms with van der Waals surface area (Å²) in [5.74, 6) is 3.39. The van der Waals surface area contributed by atoms with Crippen molar-refractivity contribution < 1.29 is 14.3 Å². The first kappa shape index (κ1) is 22.9. The molecule has 7 heteroatoms. The van der Waals surface area contributed by atoms with Crippen molar-refractivity contribution in [3.63, 3.8) is 0 Å². The van der Waals surface area contributed by atoms with E-state index in [4.69, 9.17) is 14.5 Å². The molecule has 3 aromatic rings. The van der Waals surface area contributed by atoms with Crippen LogP contribution in [0.25, 0.3) is 11.0 Å². The monoisotopic (exact) mass is 547 g/mol. The Morgan fingerprint density at radius 2 is 1.91 bits per heavy atom. The molecule has 6 nitrogen and oxygen atoms in total. The largest absolute Gasteiger partial charge is 0.497 e. The molecule has 1 amide bonds. The maximum Gasteiger partial charge on any atom is 0.251 e. The van der Waals surface area contributed by atoms with Crippen LogP contribution in [0.15, 0.2) is 36.4 Å². The number of rotatable bonds is 7. The van der Waals surface area contributed by atoms with E-state index in [9.17, 15) is 4.79 Å². The zero-order valence-electron chi connectivity index (χ0n) is 18.9. The standard InChI is InChI=1S/C25H30IN3O3/c1-29-23-14-19(26)7-8-22(23)28-24(29)17-6-4-5-16(11-17)9-10-27-25(30)18-12-20(31-2)15-21(13-18)32-3/h7-8,12-17H,4-6,9-11H2,1-3H3,(H,27,30). The first-order valence-corrected chi connectivity index (χ1v) is 12.2. The lowest BCUT2D eigenvalue weighted by atomic mass is 9.79. The molecule has 0 bridgehead atoms. The Balaban J connectivity index is 1.36. The number of nitrogens with zero attached hydrogens (tertiary/aromatic N) is 2. The number of fused-ring (bicyclic) bond motifs is 1. The quantitative estimate of drug-likeness (QED) is 0.409. The molecule has 1 aromatic heterocycles. The van der Waals surface area contributed by atoms with Crippen LogP contribution >= 0.6 is 22.6 Å². The van der Waals surface area contributed by atoms with E-state index in [0.717, 1.165) is 18.4 Å². The van der Waals surface area contributed by atoms with Crippen LogP contribution in [0, 0.1) is 9.49 Å². The number of imidazole rings is 1. The van der Waals surface area contributed by atoms with Crippen LogP contribution in [0.3, 0.4) is 0 Å². The highest BCUT2D eigenvalue weighted by molar-refractivity contribution is 14.1. The number of benzene rings is 2. The molecule has 1 aliphatic carbocycles. The molecule has 0 aliphatic heterocycles. The fourth-order valence-corrected chi connectivity index (χ4v) is 5.24. The van der Waals surface area contributed by atoms with Crippen molar-refractivity contribution in [2.75, 3.05) is 20.8 Å². The van der Waals surface area contributed by atoms with Crippen molar-refractivity contribution in [2.45, 2.75) is 38.0 Å². The Bertz CT molecular complexity index is 1090. The van der Waals surface area contributed by atoms with Crippen LogP contribution in [-0.4, -0.2) is 36.2 Å². The number of ether oxygens (including phenoxy) is 2. The Morgan fingerprint density at radius 3 is 2.62 bits per heavy atom. The molecule has 0 spiro atoms. The highest BCUT2D eigenvalue weighted by atomic mass is 127. The fourth-order valence-electron chi connectivity index (χ4n) is 4.76. The van der Waals surface area contributed by atoms with E-state index in [2.05, 4.69) is 57.7 Å². The molecular formula is C25H30IN3O3. The van der Waals surface area contributed by atoms with Gasteiger partial charge in [-0.05, 0) is 78.1 Å². The number of amides is 1. The second-order valence-electron chi connectivity index (χ2n) is 8.54. The van der Waals surface area contributed by atoms with Gasteiger partial charge in [-0.25, -0.2) is 4.98 Å². The predicted molar refractivity (Wildman–Crippen MR) is 135 cm³/mol. The van der Waals surface area contributed by atoms with Gasteiger partial charge in [0.2, 0.25) is 0 Å². The van der Waals surface area contributed by atoms with Crippen molar-refractivity contribution in [1.82, 2.24) is 14.9 Å². The van der Waals surface area contributed by atoms with Crippen LogP contribution < -0.4 is 14.8 Å². The summed E-state index contributed by atoms with van der Waals surface area (Å²) in [5.41, 5.74) is 2.83. The number of methoxy groups -OCH3 is 2. The smallest absolute Gasteiger partial charge is 0.251 e. The maximum absolute atomic E-state index is 12.6. The zero-order valence-corrected chi connectivity index (χ0v) is 21.0. The normalized spacial score (nSPS) is 18.5. The van der Waals surface area contributed by atoms with Gasteiger partial charge in [0.05, 0.1) is 25.3 Å². The second kappa shape index (κ2) is 10.1. The van der Waals surface area contributed by atoms with E-state index >= 15 is 0 Å². The molecule has 0 radical (unpaired) electrons. The fraction of sp³-hybridized carbons (Fsp3) is 0.440. The lowest BCUT2D eigenvalue weighted by Gasteiger charge is -2.29. The topological polar surface area (TPSA) is 65.4 Å². The molecule has 1 saturated carbocycles. The van der Waals surface area contributed by atoms with E-state index < -0.39 is 0 Å². The molecule has 1 fully saturated rings. The van der Waals surface area contributed by atoms with E-state index in [0.29, 0.717) is 35.4 Å². The van der Waals surface area contributed by atoms with Gasteiger partial charge in [0, 0.05) is 34.7 Å². The predicted octanol–water partition coefficient (Wildman–Crippen LogP) is 5.29. The molecule has 1 heterocycles. The van der Waals surface area contributed by atoms with E-state index in [1.165, 1.54) is 34.2 Å². The van der Waals surface area contributed by atoms with E-state index in [1.807, 2.05) is 0 Å². The van der Waals surface area contributed by atoms with Gasteiger partial charge in [-0.2, -0.15) is 0 Å². The molecule has 2 atom stereocenters. The van der Waals surface area contributed by atoms with Gasteiger partial charge in [-0.15, -0.1) is 0 Å². The van der Waals surface area contributed by atoms with Crippen LogP contribution in [0.4, 0.5) is 0 Å². The maximum atomic E-state index is 12.6. The van der Waals surface area contributed by atoms with Gasteiger partial charge in [0.1, 0.15) is 17.3 Å². The van der Waals surface area contributed by atoms with Gasteiger partial charge in [-0.1, -0.05) is 12.8 Å². The van der Waals surface area contributed by atoms with E-state index in [-0.39, 0.29) is 5.91 Å². The number of carbonyl (C=O) groups excluding carboxylic acids is 1. The van der Waals surface area contributed by atoms with Crippen LogP contribution in [-0.2, 0) is 7.05 Å². The lowest BCUT2D eigenvalue weighted by Crippen LogP contribution is -2.27. The van der Waals surface area contributed by atoms with Crippen molar-refractivity contribution in [2.24, 2.45) is 13.0 Å². The number of hydrogen-bond donors (Lipinski definition) is 1. The third-order valence-corrected chi connectivity index (χ3v) is 7.15. The number of carbonyl (C=O) groups is 1. The number of hydrogen-bond acceptors (Lipinski definition) is 4. The molecule has 2 unspecified atom stereocenters. The first-order valence-electron chi connectivity index (χ1n) is 11.1. The number of aryl methyl sites for hydroxylation is 1. The van der Waals surface area contributed by atoms with Crippen LogP contribution in [0.5, 0.6) is 11.5 Å². The summed E-state index contributed by atoms with van der Waals surface area (Å²) in [5, 5.41) is 3.07. The summed E-state index contributed by atoms with van der Waals surface area (Å²) in [6.45, 7) is 0.663. The molecule has 1 aliphatic rings. The molecule has 0 saturated heterocycles. The summed E-state index contributed by atoms with van der Waals surface area (Å²) in [4.78, 5) is 17.6. The van der Waals surface area contributed by atoms with Gasteiger partial charge in [0.15, 0.2) is 0 Å². The molecule has 170 valence electrons. The molecule has 32 heavy (non-hydrogen) atoms. The minimum Gasteiger partial charge on any atom is -0.497 e. The highest BCUT2D eigenvalue weighted by Gasteiger charge is 2.27. The molecular weight excluding hydrogens is 517 g/mol. The summed E-state index contributed by atoms with van der Waals surface area (Å²) in [6.07, 6.45) is 5.70. The van der Waals surface area contributed by atoms with Crippen LogP contribution in [0.2, 0.25) is 0 Å². The SMILES string of the molecule is COc1cc(OC)cc(C(=O)NCCC2CCCC(c3nc4ccc(I)cc4n3C)C2)c1. The minimum atomic E-state index is -0.0977. The average molecular weight is 547 g/mol. The average Bonchev–Trinajstić information content (AvgIpc) is 3.14. The van der Waals surface area contributed by atoms with Crippen molar-refractivity contribution in [3.05, 3.63) is 51.4 Å². The summed E-state index contributed by atoms with van der Waals surface area (Å²) >= 11 is 2.35. The van der Waals surface area contributed by atoms with Crippen molar-refractivity contribution in [1.29, 1.82) is 0 Å². The third kappa shape index (κ3) is 5.03. The highest BCUT2D eigenvalue weighted by Crippen LogP contribution is 2.38. The molecule has 4 rings (SSSR count). The Kier molecular flexibility index (Phi) is 7.23. The summed E-state index contributed by atoms with van der Waals surface area (Å²) in [6, 6.07) is 11.7. The van der Waals surface area contributed by atoms with Gasteiger partial charge < -0.3 is 19.4 Å². The Morgan fingerprint density at radius 1 is 1.16 bits per heavy atom. The second-order valence-corrected chi connectivity index (χ2v) is 9.78. The molecule has 1 N–H and O–H groups in total. The van der Waals surface area contributed by atoms with Gasteiger partial charge in [0.25, 0.3) is 5.91 Å². The van der Waals surface area contributed by atoms with Gasteiger partial charge in [-0.3, -0.25) is 4.79 Å². The summed E-state index contributed by atoms with van der Waals surface area (Å²) < 4.78 is 14.0. The number of nitrogens with one attached hydrogen (secondary N) is 1. The lowest BCUT2D eigenvalue weighted by molar-refractivity contribution is 0.0949. The number of halogens is 1. The third-order valence-electron chi connectivity index (χ3n) is 6.48. The Hall–Kier alpha value is -2.29. The van der Waals surface area contributed by atoms with E-state index in [1.54, 1.807) is 32.4 Å². The minimum absolute atomic E-state index is 0.0977. The number of aromatic nitrogens is 2. The zero-order chi connectivity index (χ0) is 22.7. The summed E-state index contributed by atoms with van der Waals surface area (Å²) in [7, 11) is 5.30. The van der Waals surface area contributed by atoms with Gasteiger partial charge >= 0.3 is 0 Å².